The molecule has 0 saturated carbocycles. The number of rotatable bonds is 4. The van der Waals surface area contributed by atoms with Crippen LogP contribution in [-0.4, -0.2) is 37.4 Å². The lowest BCUT2D eigenvalue weighted by Crippen LogP contribution is -2.45. The van der Waals surface area contributed by atoms with E-state index in [1.54, 1.807) is 12.1 Å². The lowest BCUT2D eigenvalue weighted by Gasteiger charge is -2.35. The molecular weight excluding hydrogens is 380 g/mol. The zero-order valence-corrected chi connectivity index (χ0v) is 14.5. The Balaban J connectivity index is 2.01. The Kier molecular flexibility index (Phi) is 5.52. The summed E-state index contributed by atoms with van der Waals surface area (Å²) in [6, 6.07) is 6.05. The van der Waals surface area contributed by atoms with Crippen molar-refractivity contribution in [2.75, 3.05) is 26.2 Å². The third-order valence-corrected chi connectivity index (χ3v) is 5.16. The van der Waals surface area contributed by atoms with E-state index >= 15 is 0 Å². The lowest BCUT2D eigenvalue weighted by molar-refractivity contribution is -0.274. The highest BCUT2D eigenvalue weighted by Gasteiger charge is 2.33. The molecule has 1 aliphatic rings. The van der Waals surface area contributed by atoms with Gasteiger partial charge in [-0.05, 0) is 30.3 Å². The van der Waals surface area contributed by atoms with E-state index in [1.165, 1.54) is 11.3 Å². The first-order valence-corrected chi connectivity index (χ1v) is 8.78. The number of hydrogen-bond donors (Lipinski definition) is 1. The van der Waals surface area contributed by atoms with Crippen molar-refractivity contribution in [3.05, 3.63) is 50.9 Å². The Morgan fingerprint density at radius 1 is 1.16 bits per heavy atom. The predicted octanol–water partition coefficient (Wildman–Crippen LogP) is 4.43. The molecule has 0 radical (unpaired) electrons. The van der Waals surface area contributed by atoms with Crippen molar-refractivity contribution in [3.63, 3.8) is 0 Å². The van der Waals surface area contributed by atoms with Crippen LogP contribution in [0.2, 0.25) is 4.34 Å². The lowest BCUT2D eigenvalue weighted by atomic mass is 10.0. The van der Waals surface area contributed by atoms with Gasteiger partial charge in [-0.2, -0.15) is 0 Å². The molecule has 1 saturated heterocycles. The number of nitrogens with one attached hydrogen (secondary N) is 1. The van der Waals surface area contributed by atoms with Gasteiger partial charge in [0, 0.05) is 36.6 Å². The van der Waals surface area contributed by atoms with Gasteiger partial charge in [-0.15, -0.1) is 24.5 Å². The van der Waals surface area contributed by atoms with Gasteiger partial charge in [0.2, 0.25) is 0 Å². The normalized spacial score (nSPS) is 17.5. The smallest absolute Gasteiger partial charge is 0.406 e. The predicted molar refractivity (Wildman–Crippen MR) is 88.7 cm³/mol. The zero-order valence-electron chi connectivity index (χ0n) is 12.9. The Morgan fingerprint density at radius 2 is 1.88 bits per heavy atom. The number of nitrogens with zero attached hydrogens (tertiary/aromatic N) is 1. The van der Waals surface area contributed by atoms with Gasteiger partial charge in [0.15, 0.2) is 0 Å². The van der Waals surface area contributed by atoms with Crippen LogP contribution in [0.5, 0.6) is 5.75 Å². The number of thiophene rings is 1. The van der Waals surface area contributed by atoms with Crippen molar-refractivity contribution >= 4 is 22.9 Å². The van der Waals surface area contributed by atoms with E-state index in [0.29, 0.717) is 17.4 Å². The minimum absolute atomic E-state index is 0.141. The maximum absolute atomic E-state index is 14.5. The highest BCUT2D eigenvalue weighted by atomic mass is 35.5. The molecule has 1 aromatic heterocycles. The number of halogens is 5. The molecule has 25 heavy (non-hydrogen) atoms. The Morgan fingerprint density at radius 3 is 2.48 bits per heavy atom. The molecule has 1 aliphatic heterocycles. The van der Waals surface area contributed by atoms with E-state index in [9.17, 15) is 17.6 Å². The van der Waals surface area contributed by atoms with Crippen LogP contribution >= 0.6 is 22.9 Å². The minimum Gasteiger partial charge on any atom is -0.406 e. The van der Waals surface area contributed by atoms with Gasteiger partial charge < -0.3 is 10.1 Å². The summed E-state index contributed by atoms with van der Waals surface area (Å²) < 4.78 is 56.5. The van der Waals surface area contributed by atoms with Crippen molar-refractivity contribution in [1.82, 2.24) is 10.2 Å². The van der Waals surface area contributed by atoms with Gasteiger partial charge in [0.25, 0.3) is 0 Å². The van der Waals surface area contributed by atoms with Crippen LogP contribution in [0.3, 0.4) is 0 Å². The molecule has 1 fully saturated rings. The van der Waals surface area contributed by atoms with Crippen LogP contribution in [0.4, 0.5) is 17.6 Å². The zero-order chi connectivity index (χ0) is 18.0. The summed E-state index contributed by atoms with van der Waals surface area (Å²) in [6.45, 7) is 2.72. The van der Waals surface area contributed by atoms with Crippen molar-refractivity contribution in [2.24, 2.45) is 0 Å². The number of piperazine rings is 1. The summed E-state index contributed by atoms with van der Waals surface area (Å²) >= 11 is 7.30. The molecule has 3 rings (SSSR count). The van der Waals surface area contributed by atoms with Crippen LogP contribution in [0, 0.1) is 5.82 Å². The van der Waals surface area contributed by atoms with Crippen LogP contribution in [0.25, 0.3) is 0 Å². The molecule has 0 aliphatic carbocycles. The second-order valence-electron chi connectivity index (χ2n) is 5.56. The Bertz CT molecular complexity index is 731. The van der Waals surface area contributed by atoms with Gasteiger partial charge in [0.05, 0.1) is 10.4 Å². The van der Waals surface area contributed by atoms with E-state index < -0.39 is 24.0 Å². The number of alkyl halides is 3. The maximum Gasteiger partial charge on any atom is 0.573 e. The molecule has 0 spiro atoms. The molecule has 2 aromatic rings. The van der Waals surface area contributed by atoms with E-state index in [0.717, 1.165) is 36.2 Å². The van der Waals surface area contributed by atoms with E-state index in [4.69, 9.17) is 11.6 Å². The molecule has 9 heteroatoms. The number of hydrogen-bond acceptors (Lipinski definition) is 4. The van der Waals surface area contributed by atoms with E-state index in [-0.39, 0.29) is 5.56 Å². The number of benzene rings is 1. The number of ether oxygens (including phenoxy) is 1. The first-order chi connectivity index (χ1) is 11.8. The molecule has 3 nitrogen and oxygen atoms in total. The molecular formula is C16H15ClF4N2OS. The maximum atomic E-state index is 14.5. The van der Waals surface area contributed by atoms with Gasteiger partial charge in [0.1, 0.15) is 11.6 Å². The third-order valence-electron chi connectivity index (χ3n) is 3.88. The molecule has 0 unspecified atom stereocenters. The van der Waals surface area contributed by atoms with Crippen LogP contribution in [-0.2, 0) is 0 Å². The fourth-order valence-electron chi connectivity index (χ4n) is 2.87. The molecule has 1 atom stereocenters. The highest BCUT2D eigenvalue weighted by Crippen LogP contribution is 2.38. The summed E-state index contributed by atoms with van der Waals surface area (Å²) in [5, 5.41) is 3.20. The van der Waals surface area contributed by atoms with Gasteiger partial charge in [-0.1, -0.05) is 11.6 Å². The SMILES string of the molecule is Fc1ccc(OC(F)(F)F)cc1[C@@H](c1ccc(Cl)s1)N1CCNCC1. The van der Waals surface area contributed by atoms with Crippen LogP contribution in [0.1, 0.15) is 16.5 Å². The van der Waals surface area contributed by atoms with Crippen molar-refractivity contribution < 1.29 is 22.3 Å². The van der Waals surface area contributed by atoms with Crippen molar-refractivity contribution in [1.29, 1.82) is 0 Å². The molecule has 1 aromatic carbocycles. The van der Waals surface area contributed by atoms with Gasteiger partial charge >= 0.3 is 6.36 Å². The Hall–Kier alpha value is -1.35. The van der Waals surface area contributed by atoms with Gasteiger partial charge in [-0.25, -0.2) is 4.39 Å². The largest absolute Gasteiger partial charge is 0.573 e. The first kappa shape index (κ1) is 18.4. The molecule has 2 heterocycles. The second kappa shape index (κ2) is 7.49. The summed E-state index contributed by atoms with van der Waals surface area (Å²) in [7, 11) is 0. The van der Waals surface area contributed by atoms with Crippen LogP contribution < -0.4 is 10.1 Å². The molecule has 1 N–H and O–H groups in total. The Labute approximate surface area is 151 Å². The molecule has 0 amide bonds. The minimum atomic E-state index is -4.83. The molecule has 136 valence electrons. The van der Waals surface area contributed by atoms with E-state index in [1.807, 2.05) is 4.90 Å². The second-order valence-corrected chi connectivity index (χ2v) is 7.31. The average molecular weight is 395 g/mol. The monoisotopic (exact) mass is 394 g/mol. The van der Waals surface area contributed by atoms with Crippen molar-refractivity contribution in [3.8, 4) is 5.75 Å². The quantitative estimate of drug-likeness (QED) is 0.776. The van der Waals surface area contributed by atoms with Crippen molar-refractivity contribution in [2.45, 2.75) is 12.4 Å². The third kappa shape index (κ3) is 4.63. The fraction of sp³-hybridized carbons (Fsp3) is 0.375. The highest BCUT2D eigenvalue weighted by molar-refractivity contribution is 7.16. The average Bonchev–Trinajstić information content (AvgIpc) is 2.96. The molecule has 0 bridgehead atoms. The summed E-state index contributed by atoms with van der Waals surface area (Å²) in [4.78, 5) is 2.80. The summed E-state index contributed by atoms with van der Waals surface area (Å²) in [5.74, 6) is -1.02. The van der Waals surface area contributed by atoms with Crippen LogP contribution in [0.15, 0.2) is 30.3 Å². The first-order valence-electron chi connectivity index (χ1n) is 7.59. The fourth-order valence-corrected chi connectivity index (χ4v) is 4.09. The topological polar surface area (TPSA) is 24.5 Å². The summed E-state index contributed by atoms with van der Waals surface area (Å²) in [6.07, 6.45) is -4.83. The van der Waals surface area contributed by atoms with E-state index in [2.05, 4.69) is 10.1 Å². The van der Waals surface area contributed by atoms with Gasteiger partial charge in [-0.3, -0.25) is 4.90 Å². The summed E-state index contributed by atoms with van der Waals surface area (Å²) in [5.41, 5.74) is 0.141. The standard InChI is InChI=1S/C16H15ClF4N2OS/c17-14-4-3-13(25-14)15(23-7-5-22-6-8-23)11-9-10(1-2-12(11)18)24-16(19,20)21/h1-4,9,15,22H,5-8H2/t15-/m0/s1.